The van der Waals surface area contributed by atoms with Gasteiger partial charge in [0, 0.05) is 5.56 Å². The lowest BCUT2D eigenvalue weighted by molar-refractivity contribution is -0.176. The first-order valence-corrected chi connectivity index (χ1v) is 8.86. The lowest BCUT2D eigenvalue weighted by Gasteiger charge is -2.31. The molecule has 0 bridgehead atoms. The normalized spacial score (nSPS) is 16.8. The van der Waals surface area contributed by atoms with Crippen molar-refractivity contribution in [2.24, 2.45) is 0 Å². The van der Waals surface area contributed by atoms with E-state index < -0.39 is 0 Å². The van der Waals surface area contributed by atoms with Crippen LogP contribution in [0.1, 0.15) is 60.0 Å². The number of hydrogen-bond acceptors (Lipinski definition) is 3. The highest BCUT2D eigenvalue weighted by molar-refractivity contribution is 6.10. The number of nitrogens with zero attached hydrogens (tertiary/aromatic N) is 1. The van der Waals surface area contributed by atoms with Crippen molar-refractivity contribution in [1.29, 1.82) is 0 Å². The first-order valence-electron chi connectivity index (χ1n) is 8.86. The second-order valence-corrected chi connectivity index (χ2v) is 6.33. The smallest absolute Gasteiger partial charge is 0.271 e. The minimum absolute atomic E-state index is 0.197. The van der Waals surface area contributed by atoms with Crippen molar-refractivity contribution in [3.8, 4) is 0 Å². The number of unbranched alkanes of at least 4 members (excludes halogenated alkanes) is 2. The number of benzene rings is 2. The van der Waals surface area contributed by atoms with E-state index in [0.717, 1.165) is 41.9 Å². The Labute approximate surface area is 148 Å². The van der Waals surface area contributed by atoms with Crippen LogP contribution in [0.15, 0.2) is 54.6 Å². The minimum Gasteiger partial charge on any atom is -0.271 e. The predicted molar refractivity (Wildman–Crippen MR) is 95.7 cm³/mol. The number of imide groups is 1. The van der Waals surface area contributed by atoms with Crippen LogP contribution in [0.2, 0.25) is 0 Å². The molecule has 0 radical (unpaired) electrons. The molecule has 1 aliphatic heterocycles. The van der Waals surface area contributed by atoms with E-state index in [1.54, 1.807) is 6.07 Å². The molecule has 1 heterocycles. The van der Waals surface area contributed by atoms with Gasteiger partial charge in [0.05, 0.1) is 5.92 Å². The molecule has 1 aliphatic rings. The van der Waals surface area contributed by atoms with Gasteiger partial charge in [-0.1, -0.05) is 74.7 Å². The van der Waals surface area contributed by atoms with Crippen molar-refractivity contribution in [1.82, 2.24) is 5.06 Å². The van der Waals surface area contributed by atoms with Crippen molar-refractivity contribution >= 4 is 11.8 Å². The fourth-order valence-electron chi connectivity index (χ4n) is 3.19. The zero-order chi connectivity index (χ0) is 17.6. The quantitative estimate of drug-likeness (QED) is 0.553. The highest BCUT2D eigenvalue weighted by Crippen LogP contribution is 2.33. The van der Waals surface area contributed by atoms with Crippen LogP contribution in [0.3, 0.4) is 0 Å². The third kappa shape index (κ3) is 3.80. The van der Waals surface area contributed by atoms with E-state index in [1.165, 1.54) is 0 Å². The van der Waals surface area contributed by atoms with Gasteiger partial charge >= 0.3 is 0 Å². The minimum atomic E-state index is -0.372. The molecule has 1 atom stereocenters. The highest BCUT2D eigenvalue weighted by Gasteiger charge is 2.39. The van der Waals surface area contributed by atoms with Crippen molar-refractivity contribution in [3.63, 3.8) is 0 Å². The second-order valence-electron chi connectivity index (χ2n) is 6.33. The van der Waals surface area contributed by atoms with Crippen molar-refractivity contribution in [2.75, 3.05) is 0 Å². The van der Waals surface area contributed by atoms with Gasteiger partial charge in [-0.2, -0.15) is 0 Å². The largest absolute Gasteiger partial charge is 0.285 e. The summed E-state index contributed by atoms with van der Waals surface area (Å²) in [5.74, 6) is -0.935. The Morgan fingerprint density at radius 1 is 0.960 bits per heavy atom. The van der Waals surface area contributed by atoms with Crippen molar-refractivity contribution < 1.29 is 14.4 Å². The van der Waals surface area contributed by atoms with Gasteiger partial charge in [-0.25, -0.2) is 0 Å². The Morgan fingerprint density at radius 2 is 1.68 bits per heavy atom. The summed E-state index contributed by atoms with van der Waals surface area (Å²) in [4.78, 5) is 31.2. The fourth-order valence-corrected chi connectivity index (χ4v) is 3.19. The summed E-state index contributed by atoms with van der Waals surface area (Å²) in [5, 5.41) is 0.964. The number of carbonyl (C=O) groups is 2. The van der Waals surface area contributed by atoms with Gasteiger partial charge in [-0.3, -0.25) is 14.4 Å². The van der Waals surface area contributed by atoms with Crippen molar-refractivity contribution in [3.05, 3.63) is 71.3 Å². The summed E-state index contributed by atoms with van der Waals surface area (Å²) < 4.78 is 0. The van der Waals surface area contributed by atoms with E-state index >= 15 is 0 Å². The van der Waals surface area contributed by atoms with Gasteiger partial charge in [-0.15, -0.1) is 5.06 Å². The maximum atomic E-state index is 12.9. The Bertz CT molecular complexity index is 742. The Kier molecular flexibility index (Phi) is 5.61. The van der Waals surface area contributed by atoms with E-state index in [-0.39, 0.29) is 24.3 Å². The third-order valence-electron chi connectivity index (χ3n) is 4.55. The maximum Gasteiger partial charge on any atom is 0.285 e. The van der Waals surface area contributed by atoms with Crippen molar-refractivity contribution in [2.45, 2.75) is 45.1 Å². The standard InChI is InChI=1S/C21H23NO3/c1-2-3-5-13-18-17-12-8-9-14-19(17)21(24)22(20(18)23)25-15-16-10-6-4-7-11-16/h4,6-12,14,18H,2-3,5,13,15H2,1H3. The summed E-state index contributed by atoms with van der Waals surface area (Å²) in [7, 11) is 0. The SMILES string of the molecule is CCCCCC1C(=O)N(OCc2ccccc2)C(=O)c2ccccc21. The van der Waals surface area contributed by atoms with Crippen LogP contribution in [0, 0.1) is 0 Å². The van der Waals surface area contributed by atoms with Crippen LogP contribution < -0.4 is 0 Å². The summed E-state index contributed by atoms with van der Waals surface area (Å²) in [6.45, 7) is 2.33. The average molecular weight is 337 g/mol. The van der Waals surface area contributed by atoms with Crippen LogP contribution in [-0.2, 0) is 16.2 Å². The number of carbonyl (C=O) groups excluding carboxylic acids is 2. The molecule has 0 saturated heterocycles. The first kappa shape index (κ1) is 17.4. The van der Waals surface area contributed by atoms with Gasteiger partial charge in [0.15, 0.2) is 0 Å². The Morgan fingerprint density at radius 3 is 2.44 bits per heavy atom. The Hall–Kier alpha value is -2.46. The molecule has 0 aliphatic carbocycles. The molecule has 3 rings (SSSR count). The van der Waals surface area contributed by atoms with Gasteiger partial charge < -0.3 is 0 Å². The molecular weight excluding hydrogens is 314 g/mol. The van der Waals surface area contributed by atoms with E-state index in [0.29, 0.717) is 5.56 Å². The van der Waals surface area contributed by atoms with E-state index in [9.17, 15) is 9.59 Å². The monoisotopic (exact) mass is 337 g/mol. The summed E-state index contributed by atoms with van der Waals surface area (Å²) in [5.41, 5.74) is 2.31. The first-order chi connectivity index (χ1) is 12.2. The molecule has 0 saturated carbocycles. The molecule has 4 heteroatoms. The number of rotatable bonds is 7. The van der Waals surface area contributed by atoms with E-state index in [4.69, 9.17) is 4.84 Å². The third-order valence-corrected chi connectivity index (χ3v) is 4.55. The fraction of sp³-hybridized carbons (Fsp3) is 0.333. The zero-order valence-electron chi connectivity index (χ0n) is 14.5. The molecule has 0 fully saturated rings. The van der Waals surface area contributed by atoms with Gasteiger partial charge in [0.25, 0.3) is 11.8 Å². The molecule has 2 aromatic rings. The Balaban J connectivity index is 1.81. The molecule has 130 valence electrons. The molecular formula is C21H23NO3. The molecule has 25 heavy (non-hydrogen) atoms. The van der Waals surface area contributed by atoms with E-state index in [1.807, 2.05) is 48.5 Å². The van der Waals surface area contributed by atoms with Crippen LogP contribution >= 0.6 is 0 Å². The summed E-state index contributed by atoms with van der Waals surface area (Å²) in [6, 6.07) is 16.9. The summed E-state index contributed by atoms with van der Waals surface area (Å²) >= 11 is 0. The molecule has 2 aromatic carbocycles. The average Bonchev–Trinajstić information content (AvgIpc) is 2.65. The van der Waals surface area contributed by atoms with E-state index in [2.05, 4.69) is 6.92 Å². The lowest BCUT2D eigenvalue weighted by atomic mass is 9.86. The topological polar surface area (TPSA) is 46.6 Å². The number of fused-ring (bicyclic) bond motifs is 1. The highest BCUT2D eigenvalue weighted by atomic mass is 16.7. The second kappa shape index (κ2) is 8.08. The lowest BCUT2D eigenvalue weighted by Crippen LogP contribution is -2.44. The van der Waals surface area contributed by atoms with Crippen LogP contribution in [0.5, 0.6) is 0 Å². The summed E-state index contributed by atoms with van der Waals surface area (Å²) in [6.07, 6.45) is 3.87. The molecule has 4 nitrogen and oxygen atoms in total. The molecule has 1 unspecified atom stereocenters. The molecule has 0 N–H and O–H groups in total. The van der Waals surface area contributed by atoms with Crippen LogP contribution in [0.4, 0.5) is 0 Å². The number of hydrogen-bond donors (Lipinski definition) is 0. The van der Waals surface area contributed by atoms with Gasteiger partial charge in [0.1, 0.15) is 6.61 Å². The molecule has 0 spiro atoms. The van der Waals surface area contributed by atoms with Gasteiger partial charge in [-0.05, 0) is 23.6 Å². The van der Waals surface area contributed by atoms with Crippen LogP contribution in [-0.4, -0.2) is 16.9 Å². The number of hydroxylamine groups is 2. The zero-order valence-corrected chi connectivity index (χ0v) is 14.5. The molecule has 2 amide bonds. The number of amides is 2. The van der Waals surface area contributed by atoms with Gasteiger partial charge in [0.2, 0.25) is 0 Å². The maximum absolute atomic E-state index is 12.9. The molecule has 0 aromatic heterocycles. The van der Waals surface area contributed by atoms with Crippen LogP contribution in [0.25, 0.3) is 0 Å². The predicted octanol–water partition coefficient (Wildman–Crippen LogP) is 4.46.